The molecule has 5 heterocycles. The lowest BCUT2D eigenvalue weighted by atomic mass is 10.1. The van der Waals surface area contributed by atoms with Crippen LogP contribution in [0.15, 0.2) is 41.5 Å². The molecule has 1 aliphatic heterocycles. The lowest BCUT2D eigenvalue weighted by Gasteiger charge is -2.43. The quantitative estimate of drug-likeness (QED) is 0.411. The number of pyridine rings is 1. The van der Waals surface area contributed by atoms with Crippen molar-refractivity contribution in [2.45, 2.75) is 58.5 Å². The van der Waals surface area contributed by atoms with Crippen molar-refractivity contribution in [1.29, 1.82) is 0 Å². The minimum absolute atomic E-state index is 0.0440. The van der Waals surface area contributed by atoms with Gasteiger partial charge in [0, 0.05) is 36.0 Å². The average molecular weight is 505 g/mol. The van der Waals surface area contributed by atoms with Crippen LogP contribution >= 0.6 is 0 Å². The van der Waals surface area contributed by atoms with Crippen molar-refractivity contribution < 1.29 is 13.6 Å². The lowest BCUT2D eigenvalue weighted by molar-refractivity contribution is 0.0106. The Hall–Kier alpha value is -3.95. The summed E-state index contributed by atoms with van der Waals surface area (Å²) in [6.45, 7) is 6.75. The number of carbonyl (C=O) groups excluding carboxylic acids is 1. The third-order valence-corrected chi connectivity index (χ3v) is 6.91. The highest BCUT2D eigenvalue weighted by Gasteiger charge is 2.54. The van der Waals surface area contributed by atoms with Crippen molar-refractivity contribution in [1.82, 2.24) is 28.9 Å². The first-order valence-electron chi connectivity index (χ1n) is 13.9. The maximum absolute atomic E-state index is 13.2. The first-order chi connectivity index (χ1) is 18.7. The van der Waals surface area contributed by atoms with E-state index in [4.69, 9.17) is 8.85 Å². The maximum Gasteiger partial charge on any atom is 0.410 e. The molecule has 10 nitrogen and oxygen atoms in total. The summed E-state index contributed by atoms with van der Waals surface area (Å²) in [7, 11) is 0. The van der Waals surface area contributed by atoms with Gasteiger partial charge in [0.1, 0.15) is 16.9 Å². The van der Waals surface area contributed by atoms with E-state index < -0.39 is 12.5 Å². The first-order valence-corrected chi connectivity index (χ1v) is 12.4. The van der Waals surface area contributed by atoms with Crippen molar-refractivity contribution in [2.24, 2.45) is 0 Å². The predicted octanol–water partition coefficient (Wildman–Crippen LogP) is 3.61. The molecular formula is C27H31N7O3. The SMILES string of the molecule is [2H]C([2H])([2H])c1cc(-c2cc(=O)n3cc(N4CCN(C(=O)OC(C)(C)C)C5(CC5)C4)ccc3n2)nn2cc(C)nc12. The first kappa shape index (κ1) is 20.1. The van der Waals surface area contributed by atoms with E-state index in [1.165, 1.54) is 21.0 Å². The zero-order valence-electron chi connectivity index (χ0n) is 24.4. The highest BCUT2D eigenvalue weighted by molar-refractivity contribution is 5.71. The molecule has 4 aromatic heterocycles. The fourth-order valence-electron chi connectivity index (χ4n) is 5.00. The summed E-state index contributed by atoms with van der Waals surface area (Å²) in [5.74, 6) is 0. The molecule has 1 spiro atoms. The monoisotopic (exact) mass is 504 g/mol. The summed E-state index contributed by atoms with van der Waals surface area (Å²) < 4.78 is 32.4. The molecule has 6 rings (SSSR count). The standard InChI is InChI=1S/C27H31N7O3/c1-17-12-21(30-34-14-18(2)28-24(17)34)20-13-23(35)32-15-19(6-7-22(32)29-20)31-10-11-33(27(16-31)8-9-27)25(36)37-26(3,4)5/h6-7,12-15H,8-11,16H2,1-5H3/i1D3. The molecule has 2 aliphatic rings. The molecule has 0 atom stereocenters. The van der Waals surface area contributed by atoms with E-state index in [0.29, 0.717) is 31.0 Å². The van der Waals surface area contributed by atoms with E-state index in [9.17, 15) is 9.59 Å². The third kappa shape index (κ3) is 4.20. The Labute approximate surface area is 218 Å². The number of nitrogens with zero attached hydrogens (tertiary/aromatic N) is 7. The van der Waals surface area contributed by atoms with E-state index in [-0.39, 0.29) is 39.8 Å². The van der Waals surface area contributed by atoms with Crippen LogP contribution in [0.2, 0.25) is 0 Å². The molecule has 2 fully saturated rings. The minimum atomic E-state index is -2.41. The van der Waals surface area contributed by atoms with Crippen molar-refractivity contribution in [2.75, 3.05) is 24.5 Å². The molecule has 1 aliphatic carbocycles. The Kier molecular flexibility index (Phi) is 4.37. The van der Waals surface area contributed by atoms with Gasteiger partial charge in [-0.2, -0.15) is 5.10 Å². The van der Waals surface area contributed by atoms with Gasteiger partial charge in [-0.05, 0) is 71.2 Å². The number of aromatic nitrogens is 5. The Morgan fingerprint density at radius 3 is 2.65 bits per heavy atom. The number of rotatable bonds is 2. The van der Waals surface area contributed by atoms with E-state index in [0.717, 1.165) is 18.5 Å². The highest BCUT2D eigenvalue weighted by Crippen LogP contribution is 2.45. The number of carbonyl (C=O) groups is 1. The van der Waals surface area contributed by atoms with Gasteiger partial charge in [0.2, 0.25) is 0 Å². The Morgan fingerprint density at radius 1 is 1.11 bits per heavy atom. The number of imidazole rings is 1. The number of hydrogen-bond donors (Lipinski definition) is 0. The smallest absolute Gasteiger partial charge is 0.410 e. The number of hydrogen-bond acceptors (Lipinski definition) is 7. The number of fused-ring (bicyclic) bond motifs is 2. The van der Waals surface area contributed by atoms with Crippen LogP contribution in [0.1, 0.15) is 49.0 Å². The highest BCUT2D eigenvalue weighted by atomic mass is 16.6. The number of aryl methyl sites for hydroxylation is 2. The maximum atomic E-state index is 13.2. The predicted molar refractivity (Wildman–Crippen MR) is 140 cm³/mol. The molecule has 1 amide bonds. The Morgan fingerprint density at radius 2 is 1.92 bits per heavy atom. The van der Waals surface area contributed by atoms with Gasteiger partial charge in [0.05, 0.1) is 28.8 Å². The van der Waals surface area contributed by atoms with Crippen LogP contribution in [0.4, 0.5) is 10.5 Å². The molecule has 4 aromatic rings. The van der Waals surface area contributed by atoms with E-state index in [1.807, 2.05) is 31.7 Å². The van der Waals surface area contributed by atoms with E-state index in [1.54, 1.807) is 25.4 Å². The summed E-state index contributed by atoms with van der Waals surface area (Å²) in [5, 5.41) is 4.49. The van der Waals surface area contributed by atoms with Gasteiger partial charge in [-0.1, -0.05) is 0 Å². The van der Waals surface area contributed by atoms with Gasteiger partial charge in [0.15, 0.2) is 5.65 Å². The van der Waals surface area contributed by atoms with Gasteiger partial charge < -0.3 is 9.64 Å². The fourth-order valence-corrected chi connectivity index (χ4v) is 5.00. The molecule has 0 bridgehead atoms. The largest absolute Gasteiger partial charge is 0.444 e. The molecular weight excluding hydrogens is 470 g/mol. The summed E-state index contributed by atoms with van der Waals surface area (Å²) in [4.78, 5) is 39.0. The van der Waals surface area contributed by atoms with E-state index in [2.05, 4.69) is 20.0 Å². The van der Waals surface area contributed by atoms with Crippen molar-refractivity contribution in [3.63, 3.8) is 0 Å². The van der Waals surface area contributed by atoms with Gasteiger partial charge in [-0.25, -0.2) is 19.3 Å². The minimum Gasteiger partial charge on any atom is -0.444 e. The van der Waals surface area contributed by atoms with Gasteiger partial charge >= 0.3 is 6.09 Å². The zero-order valence-corrected chi connectivity index (χ0v) is 21.4. The Balaban J connectivity index is 1.31. The summed E-state index contributed by atoms with van der Waals surface area (Å²) in [6.07, 6.45) is 4.94. The van der Waals surface area contributed by atoms with Crippen LogP contribution in [0, 0.1) is 13.8 Å². The molecule has 37 heavy (non-hydrogen) atoms. The number of anilines is 1. The lowest BCUT2D eigenvalue weighted by Crippen LogP contribution is -2.58. The van der Waals surface area contributed by atoms with Crippen molar-refractivity contribution >= 4 is 23.1 Å². The normalized spacial score (nSPS) is 18.6. The molecule has 0 N–H and O–H groups in total. The third-order valence-electron chi connectivity index (χ3n) is 6.91. The van der Waals surface area contributed by atoms with Gasteiger partial charge in [-0.3, -0.25) is 14.1 Å². The number of piperazine rings is 1. The topological polar surface area (TPSA) is 97.3 Å². The van der Waals surface area contributed by atoms with Crippen LogP contribution in [-0.4, -0.2) is 65.8 Å². The number of amides is 1. The van der Waals surface area contributed by atoms with Crippen LogP contribution in [-0.2, 0) is 4.74 Å². The van der Waals surface area contributed by atoms with Crippen LogP contribution in [0.5, 0.6) is 0 Å². The van der Waals surface area contributed by atoms with E-state index >= 15 is 0 Å². The summed E-state index contributed by atoms with van der Waals surface area (Å²) in [5.41, 5.74) is 1.64. The summed E-state index contributed by atoms with van der Waals surface area (Å²) in [6, 6.07) is 6.47. The second-order valence-corrected chi connectivity index (χ2v) is 11.0. The molecule has 0 unspecified atom stereocenters. The van der Waals surface area contributed by atoms with Crippen LogP contribution in [0.25, 0.3) is 22.7 Å². The fraction of sp³-hybridized carbons (Fsp3) is 0.444. The zero-order chi connectivity index (χ0) is 28.6. The molecule has 1 saturated heterocycles. The molecule has 192 valence electrons. The number of ether oxygens (including phenoxy) is 1. The van der Waals surface area contributed by atoms with Gasteiger partial charge in [0.25, 0.3) is 5.56 Å². The second-order valence-electron chi connectivity index (χ2n) is 11.0. The molecule has 1 saturated carbocycles. The molecule has 0 radical (unpaired) electrons. The second kappa shape index (κ2) is 8.03. The van der Waals surface area contributed by atoms with Crippen LogP contribution < -0.4 is 10.5 Å². The molecule has 0 aromatic carbocycles. The van der Waals surface area contributed by atoms with Crippen LogP contribution in [0.3, 0.4) is 0 Å². The average Bonchev–Trinajstić information content (AvgIpc) is 3.50. The van der Waals surface area contributed by atoms with Crippen molar-refractivity contribution in [3.05, 3.63) is 58.3 Å². The van der Waals surface area contributed by atoms with Crippen molar-refractivity contribution in [3.8, 4) is 11.4 Å². The molecule has 10 heteroatoms. The summed E-state index contributed by atoms with van der Waals surface area (Å²) >= 11 is 0. The van der Waals surface area contributed by atoms with Gasteiger partial charge in [-0.15, -0.1) is 0 Å². The Bertz CT molecular complexity index is 1720.